The number of rotatable bonds is 7. The summed E-state index contributed by atoms with van der Waals surface area (Å²) in [6, 6.07) is 10.5. The van der Waals surface area contributed by atoms with Crippen molar-refractivity contribution in [3.05, 3.63) is 54.1 Å². The lowest BCUT2D eigenvalue weighted by Crippen LogP contribution is -2.38. The monoisotopic (exact) mass is 300 g/mol. The first-order chi connectivity index (χ1) is 10.7. The van der Waals surface area contributed by atoms with Gasteiger partial charge in [0, 0.05) is 26.0 Å². The van der Waals surface area contributed by atoms with E-state index in [0.29, 0.717) is 12.4 Å². The first kappa shape index (κ1) is 16.2. The van der Waals surface area contributed by atoms with Gasteiger partial charge in [0.15, 0.2) is 5.82 Å². The lowest BCUT2D eigenvalue weighted by molar-refractivity contribution is 0.0921. The summed E-state index contributed by atoms with van der Waals surface area (Å²) in [4.78, 5) is 18.7. The number of imidazole rings is 1. The number of aromatic nitrogens is 2. The molecule has 5 nitrogen and oxygen atoms in total. The van der Waals surface area contributed by atoms with Crippen LogP contribution in [0.2, 0.25) is 0 Å². The van der Waals surface area contributed by atoms with E-state index in [9.17, 15) is 4.79 Å². The maximum atomic E-state index is 12.2. The molecule has 0 bridgehead atoms. The van der Waals surface area contributed by atoms with Gasteiger partial charge in [-0.25, -0.2) is 4.98 Å². The second-order valence-electron chi connectivity index (χ2n) is 5.22. The molecule has 1 aromatic carbocycles. The maximum Gasteiger partial charge on any atom is 0.287 e. The molecule has 1 heterocycles. The number of hydrogen-bond acceptors (Lipinski definition) is 3. The molecule has 0 saturated heterocycles. The van der Waals surface area contributed by atoms with Crippen LogP contribution < -0.4 is 5.32 Å². The number of amides is 1. The Labute approximate surface area is 132 Å². The fraction of sp³-hybridized carbons (Fsp3) is 0.412. The van der Waals surface area contributed by atoms with Crippen LogP contribution in [-0.2, 0) is 7.05 Å². The minimum atomic E-state index is -0.138. The van der Waals surface area contributed by atoms with Crippen LogP contribution in [-0.4, -0.2) is 40.0 Å². The second kappa shape index (κ2) is 7.75. The van der Waals surface area contributed by atoms with Crippen molar-refractivity contribution in [1.82, 2.24) is 19.8 Å². The van der Waals surface area contributed by atoms with Gasteiger partial charge in [0.05, 0.1) is 6.04 Å². The van der Waals surface area contributed by atoms with Gasteiger partial charge < -0.3 is 9.88 Å². The summed E-state index contributed by atoms with van der Waals surface area (Å²) >= 11 is 0. The molecule has 1 unspecified atom stereocenters. The zero-order valence-electron chi connectivity index (χ0n) is 13.5. The average Bonchev–Trinajstić information content (AvgIpc) is 2.98. The fourth-order valence-electron chi connectivity index (χ4n) is 2.65. The van der Waals surface area contributed by atoms with Gasteiger partial charge in [-0.1, -0.05) is 44.2 Å². The van der Waals surface area contributed by atoms with Crippen molar-refractivity contribution in [2.24, 2.45) is 7.05 Å². The number of nitrogens with one attached hydrogen (secondary N) is 1. The molecule has 0 saturated carbocycles. The Balaban J connectivity index is 2.10. The molecule has 2 aromatic rings. The Bertz CT molecular complexity index is 590. The minimum Gasteiger partial charge on any atom is -0.347 e. The standard InChI is InChI=1S/C17H24N4O/c1-4-21(5-2)15(14-9-7-6-8-10-14)13-19-17(22)16-18-11-12-20(16)3/h6-12,15H,4-5,13H2,1-3H3,(H,19,22). The van der Waals surface area contributed by atoms with E-state index in [-0.39, 0.29) is 11.9 Å². The van der Waals surface area contributed by atoms with Crippen LogP contribution in [0.1, 0.15) is 36.1 Å². The van der Waals surface area contributed by atoms with E-state index >= 15 is 0 Å². The Kier molecular flexibility index (Phi) is 5.72. The highest BCUT2D eigenvalue weighted by Gasteiger charge is 2.20. The molecule has 5 heteroatoms. The highest BCUT2D eigenvalue weighted by Crippen LogP contribution is 2.19. The zero-order valence-corrected chi connectivity index (χ0v) is 13.5. The highest BCUT2D eigenvalue weighted by atomic mass is 16.2. The van der Waals surface area contributed by atoms with Crippen LogP contribution in [0.25, 0.3) is 0 Å². The maximum absolute atomic E-state index is 12.2. The van der Waals surface area contributed by atoms with Crippen molar-refractivity contribution in [3.8, 4) is 0 Å². The number of carbonyl (C=O) groups is 1. The number of aryl methyl sites for hydroxylation is 1. The molecule has 0 radical (unpaired) electrons. The van der Waals surface area contributed by atoms with Crippen LogP contribution in [0.5, 0.6) is 0 Å². The lowest BCUT2D eigenvalue weighted by atomic mass is 10.1. The summed E-state index contributed by atoms with van der Waals surface area (Å²) in [6.45, 7) is 6.72. The molecule has 0 aliphatic carbocycles. The van der Waals surface area contributed by atoms with Crippen molar-refractivity contribution in [3.63, 3.8) is 0 Å². The summed E-state index contributed by atoms with van der Waals surface area (Å²) in [5.74, 6) is 0.298. The fourth-order valence-corrected chi connectivity index (χ4v) is 2.65. The smallest absolute Gasteiger partial charge is 0.287 e. The van der Waals surface area contributed by atoms with Crippen LogP contribution >= 0.6 is 0 Å². The summed E-state index contributed by atoms with van der Waals surface area (Å²) in [6.07, 6.45) is 3.40. The summed E-state index contributed by atoms with van der Waals surface area (Å²) in [5.41, 5.74) is 1.21. The largest absolute Gasteiger partial charge is 0.347 e. The third kappa shape index (κ3) is 3.74. The number of likely N-dealkylation sites (N-methyl/N-ethyl adjacent to an activating group) is 1. The SMILES string of the molecule is CCN(CC)C(CNC(=O)c1nccn1C)c1ccccc1. The highest BCUT2D eigenvalue weighted by molar-refractivity contribution is 5.90. The normalized spacial score (nSPS) is 12.4. The molecule has 1 amide bonds. The van der Waals surface area contributed by atoms with Gasteiger partial charge >= 0.3 is 0 Å². The van der Waals surface area contributed by atoms with Gasteiger partial charge in [-0.3, -0.25) is 9.69 Å². The number of nitrogens with zero attached hydrogens (tertiary/aromatic N) is 3. The van der Waals surface area contributed by atoms with Gasteiger partial charge in [0.2, 0.25) is 0 Å². The van der Waals surface area contributed by atoms with E-state index in [2.05, 4.69) is 41.2 Å². The summed E-state index contributed by atoms with van der Waals surface area (Å²) in [5, 5.41) is 3.01. The molecule has 1 atom stereocenters. The summed E-state index contributed by atoms with van der Waals surface area (Å²) < 4.78 is 1.73. The molecule has 0 aliphatic rings. The molecule has 2 rings (SSSR count). The molecule has 118 valence electrons. The van der Waals surface area contributed by atoms with Gasteiger partial charge in [-0.2, -0.15) is 0 Å². The Morgan fingerprint density at radius 3 is 2.50 bits per heavy atom. The predicted octanol–water partition coefficient (Wildman–Crippen LogP) is 2.23. The van der Waals surface area contributed by atoms with E-state index in [0.717, 1.165) is 13.1 Å². The third-order valence-electron chi connectivity index (χ3n) is 3.92. The topological polar surface area (TPSA) is 50.2 Å². The predicted molar refractivity (Wildman–Crippen MR) is 87.6 cm³/mol. The second-order valence-corrected chi connectivity index (χ2v) is 5.22. The van der Waals surface area contributed by atoms with Crippen LogP contribution in [0, 0.1) is 0 Å². The van der Waals surface area contributed by atoms with E-state index in [1.54, 1.807) is 17.0 Å². The summed E-state index contributed by atoms with van der Waals surface area (Å²) in [7, 11) is 1.82. The third-order valence-corrected chi connectivity index (χ3v) is 3.92. The number of benzene rings is 1. The molecular formula is C17H24N4O. The minimum absolute atomic E-state index is 0.138. The molecule has 0 spiro atoms. The first-order valence-corrected chi connectivity index (χ1v) is 7.71. The van der Waals surface area contributed by atoms with Crippen LogP contribution in [0.4, 0.5) is 0 Å². The number of hydrogen-bond donors (Lipinski definition) is 1. The Morgan fingerprint density at radius 2 is 1.95 bits per heavy atom. The Hall–Kier alpha value is -2.14. The quantitative estimate of drug-likeness (QED) is 0.853. The van der Waals surface area contributed by atoms with E-state index in [4.69, 9.17) is 0 Å². The van der Waals surface area contributed by atoms with Crippen LogP contribution in [0.3, 0.4) is 0 Å². The van der Waals surface area contributed by atoms with Gasteiger partial charge in [-0.05, 0) is 18.7 Å². The Morgan fingerprint density at radius 1 is 1.27 bits per heavy atom. The molecule has 22 heavy (non-hydrogen) atoms. The molecule has 1 N–H and O–H groups in total. The van der Waals surface area contributed by atoms with Crippen molar-refractivity contribution in [1.29, 1.82) is 0 Å². The van der Waals surface area contributed by atoms with Crippen LogP contribution in [0.15, 0.2) is 42.7 Å². The van der Waals surface area contributed by atoms with Gasteiger partial charge in [-0.15, -0.1) is 0 Å². The van der Waals surface area contributed by atoms with E-state index in [1.165, 1.54) is 5.56 Å². The van der Waals surface area contributed by atoms with Crippen molar-refractivity contribution >= 4 is 5.91 Å². The molecule has 0 aliphatic heterocycles. The lowest BCUT2D eigenvalue weighted by Gasteiger charge is -2.30. The number of carbonyl (C=O) groups excluding carboxylic acids is 1. The molecule has 0 fully saturated rings. The van der Waals surface area contributed by atoms with Crippen molar-refractivity contribution in [2.75, 3.05) is 19.6 Å². The average molecular weight is 300 g/mol. The van der Waals surface area contributed by atoms with Gasteiger partial charge in [0.25, 0.3) is 5.91 Å². The van der Waals surface area contributed by atoms with Gasteiger partial charge in [0.1, 0.15) is 0 Å². The molecule has 1 aromatic heterocycles. The van der Waals surface area contributed by atoms with E-state index in [1.807, 2.05) is 25.2 Å². The van der Waals surface area contributed by atoms with E-state index < -0.39 is 0 Å². The molecular weight excluding hydrogens is 276 g/mol. The zero-order chi connectivity index (χ0) is 15.9. The van der Waals surface area contributed by atoms with Crippen molar-refractivity contribution in [2.45, 2.75) is 19.9 Å². The first-order valence-electron chi connectivity index (χ1n) is 7.71. The van der Waals surface area contributed by atoms with Crippen molar-refractivity contribution < 1.29 is 4.79 Å².